The molecule has 2 aliphatic rings. The summed E-state index contributed by atoms with van der Waals surface area (Å²) in [7, 11) is 0. The Hall–Kier alpha value is -5.84. The van der Waals surface area contributed by atoms with Gasteiger partial charge in [-0.1, -0.05) is 54.6 Å². The van der Waals surface area contributed by atoms with Crippen molar-refractivity contribution in [2.24, 2.45) is 0 Å². The highest BCUT2D eigenvalue weighted by Gasteiger charge is 2.48. The van der Waals surface area contributed by atoms with E-state index in [4.69, 9.17) is 0 Å². The number of thiophene rings is 1. The molecule has 0 spiro atoms. The van der Waals surface area contributed by atoms with Gasteiger partial charge < -0.3 is 4.40 Å². The SMILES string of the molecule is Cc1ccc2c3cc4c5c6c(cc7c8ccccc8[n+](c4cc3c3c(n2c1)C1C(C3)c2ccccc2-c2cccc[n+]21)c75)sc1ccccc16. The first-order valence-electron chi connectivity index (χ1n) is 17.6. The number of benzene rings is 5. The standard InChI is InChI=1S/C46H29N3S/c1-25-17-18-37-31-20-35-39(49-38-15-6-4-12-28(38)34-23-41-42(43(35)44(34)49)29-13-5-7-16-40(29)50-41)22-30(31)33-21-32-26-10-2-3-11-27(26)36-14-8-9-19-47(36)45(32)46(33)48(37)24-25/h2-20,22-24,32,45H,21H2,1H3/q+2. The largest absolute Gasteiger partial charge is 0.314 e. The van der Waals surface area contributed by atoms with Crippen molar-refractivity contribution in [2.75, 3.05) is 0 Å². The quantitative estimate of drug-likeness (QED) is 0.114. The van der Waals surface area contributed by atoms with Gasteiger partial charge in [0, 0.05) is 61.6 Å². The maximum absolute atomic E-state index is 2.58. The fourth-order valence-electron chi connectivity index (χ4n) is 10.2. The van der Waals surface area contributed by atoms with E-state index >= 15 is 0 Å². The number of hydrogen-bond donors (Lipinski definition) is 0. The average Bonchev–Trinajstić information content (AvgIpc) is 3.91. The molecule has 0 saturated carbocycles. The van der Waals surface area contributed by atoms with E-state index in [1.807, 2.05) is 11.3 Å². The monoisotopic (exact) mass is 655 g/mol. The van der Waals surface area contributed by atoms with Crippen LogP contribution in [0, 0.1) is 6.92 Å². The highest BCUT2D eigenvalue weighted by Crippen LogP contribution is 2.52. The lowest BCUT2D eigenvalue weighted by Gasteiger charge is -2.26. The van der Waals surface area contributed by atoms with Crippen LogP contribution in [-0.4, -0.2) is 4.40 Å². The van der Waals surface area contributed by atoms with Gasteiger partial charge in [0.15, 0.2) is 6.20 Å². The van der Waals surface area contributed by atoms with Crippen molar-refractivity contribution >= 4 is 85.9 Å². The van der Waals surface area contributed by atoms with Gasteiger partial charge in [0.25, 0.3) is 0 Å². The molecule has 0 fully saturated rings. The zero-order chi connectivity index (χ0) is 32.4. The summed E-state index contributed by atoms with van der Waals surface area (Å²) >= 11 is 1.92. The number of pyridine rings is 3. The van der Waals surface area contributed by atoms with E-state index in [1.54, 1.807) is 0 Å². The molecule has 1 aliphatic carbocycles. The van der Waals surface area contributed by atoms with Crippen LogP contribution in [0.15, 0.2) is 134 Å². The summed E-state index contributed by atoms with van der Waals surface area (Å²) in [6.07, 6.45) is 5.71. The van der Waals surface area contributed by atoms with Gasteiger partial charge in [0.05, 0.1) is 38.7 Å². The molecule has 3 nitrogen and oxygen atoms in total. The van der Waals surface area contributed by atoms with Crippen LogP contribution in [0.2, 0.25) is 0 Å². The molecule has 1 aliphatic heterocycles. The van der Waals surface area contributed by atoms with Crippen molar-refractivity contribution in [2.45, 2.75) is 25.3 Å². The van der Waals surface area contributed by atoms with E-state index in [-0.39, 0.29) is 6.04 Å². The molecule has 0 bridgehead atoms. The first-order chi connectivity index (χ1) is 24.7. The van der Waals surface area contributed by atoms with E-state index in [0.29, 0.717) is 5.92 Å². The van der Waals surface area contributed by atoms with Gasteiger partial charge in [0.2, 0.25) is 28.3 Å². The first kappa shape index (κ1) is 26.1. The topological polar surface area (TPSA) is 12.4 Å². The van der Waals surface area contributed by atoms with Gasteiger partial charge in [-0.05, 0) is 77.9 Å². The smallest absolute Gasteiger partial charge is 0.228 e. The Bertz CT molecular complexity index is 3330. The van der Waals surface area contributed by atoms with Crippen molar-refractivity contribution < 1.29 is 8.97 Å². The summed E-state index contributed by atoms with van der Waals surface area (Å²) in [6.45, 7) is 2.23. The zero-order valence-electron chi connectivity index (χ0n) is 27.3. The Balaban J connectivity index is 1.25. The van der Waals surface area contributed by atoms with E-state index in [0.717, 1.165) is 6.42 Å². The molecular weight excluding hydrogens is 627 g/mol. The van der Waals surface area contributed by atoms with Crippen LogP contribution in [-0.2, 0) is 6.42 Å². The third kappa shape index (κ3) is 2.97. The molecule has 0 saturated heterocycles. The molecule has 5 aromatic carbocycles. The number of fused-ring (bicyclic) bond motifs is 23. The Labute approximate surface area is 290 Å². The Kier molecular flexibility index (Phi) is 4.61. The molecule has 7 heterocycles. The minimum atomic E-state index is 0.219. The van der Waals surface area contributed by atoms with E-state index < -0.39 is 0 Å². The fraction of sp³-hybridized carbons (Fsp3) is 0.0870. The number of para-hydroxylation sites is 1. The van der Waals surface area contributed by atoms with Gasteiger partial charge in [-0.25, -0.2) is 0 Å². The number of aromatic nitrogens is 3. The number of rotatable bonds is 0. The predicted octanol–water partition coefficient (Wildman–Crippen LogP) is 10.6. The maximum Gasteiger partial charge on any atom is 0.228 e. The minimum absolute atomic E-state index is 0.219. The van der Waals surface area contributed by atoms with Crippen LogP contribution in [0.3, 0.4) is 0 Å². The normalized spacial score (nSPS) is 16.8. The van der Waals surface area contributed by atoms with E-state index in [1.165, 1.54) is 108 Å². The fourth-order valence-corrected chi connectivity index (χ4v) is 11.4. The van der Waals surface area contributed by atoms with Crippen molar-refractivity contribution in [1.29, 1.82) is 0 Å². The number of nitrogens with zero attached hydrogens (tertiary/aromatic N) is 3. The molecule has 4 heteroatoms. The lowest BCUT2D eigenvalue weighted by atomic mass is 9.84. The molecule has 13 rings (SSSR count). The van der Waals surface area contributed by atoms with Gasteiger partial charge >= 0.3 is 0 Å². The highest BCUT2D eigenvalue weighted by molar-refractivity contribution is 7.26. The summed E-state index contributed by atoms with van der Waals surface area (Å²) in [5, 5.41) is 10.9. The lowest BCUT2D eigenvalue weighted by molar-refractivity contribution is -0.707. The molecule has 50 heavy (non-hydrogen) atoms. The van der Waals surface area contributed by atoms with Crippen molar-refractivity contribution in [1.82, 2.24) is 4.40 Å². The molecule has 2 atom stereocenters. The summed E-state index contributed by atoms with van der Waals surface area (Å²) in [6, 6.07) is 46.2. The van der Waals surface area contributed by atoms with E-state index in [9.17, 15) is 0 Å². The number of aryl methyl sites for hydroxylation is 1. The highest BCUT2D eigenvalue weighted by atomic mass is 32.1. The van der Waals surface area contributed by atoms with Crippen molar-refractivity contribution in [3.05, 3.63) is 156 Å². The predicted molar refractivity (Wildman–Crippen MR) is 206 cm³/mol. The van der Waals surface area contributed by atoms with E-state index in [2.05, 4.69) is 154 Å². The molecule has 0 amide bonds. The van der Waals surface area contributed by atoms with Crippen LogP contribution in [0.25, 0.3) is 85.8 Å². The molecule has 6 aromatic heterocycles. The summed E-state index contributed by atoms with van der Waals surface area (Å²) in [5.41, 5.74) is 13.6. The second-order valence-corrected chi connectivity index (χ2v) is 15.6. The lowest BCUT2D eigenvalue weighted by Crippen LogP contribution is -2.46. The van der Waals surface area contributed by atoms with Crippen LogP contribution in [0.4, 0.5) is 0 Å². The maximum atomic E-state index is 2.58. The third-order valence-electron chi connectivity index (χ3n) is 12.1. The summed E-state index contributed by atoms with van der Waals surface area (Å²) in [5.74, 6) is 0.365. The molecule has 11 aromatic rings. The third-order valence-corrected chi connectivity index (χ3v) is 13.2. The van der Waals surface area contributed by atoms with Crippen LogP contribution >= 0.6 is 11.3 Å². The Morgan fingerprint density at radius 2 is 1.50 bits per heavy atom. The van der Waals surface area contributed by atoms with Gasteiger partial charge in [-0.3, -0.25) is 0 Å². The van der Waals surface area contributed by atoms with Crippen molar-refractivity contribution in [3.63, 3.8) is 0 Å². The second-order valence-electron chi connectivity index (χ2n) is 14.5. The second kappa shape index (κ2) is 8.84. The van der Waals surface area contributed by atoms with Gasteiger partial charge in [-0.2, -0.15) is 8.97 Å². The minimum Gasteiger partial charge on any atom is -0.314 e. The molecule has 0 N–H and O–H groups in total. The first-order valence-corrected chi connectivity index (χ1v) is 18.5. The van der Waals surface area contributed by atoms with Crippen LogP contribution < -0.4 is 8.97 Å². The molecule has 2 unspecified atom stereocenters. The summed E-state index contributed by atoms with van der Waals surface area (Å²) < 4.78 is 10.4. The van der Waals surface area contributed by atoms with Crippen LogP contribution in [0.1, 0.15) is 34.3 Å². The van der Waals surface area contributed by atoms with Crippen molar-refractivity contribution in [3.8, 4) is 11.3 Å². The van der Waals surface area contributed by atoms with Gasteiger partial charge in [-0.15, -0.1) is 11.3 Å². The molecule has 232 valence electrons. The van der Waals surface area contributed by atoms with Crippen LogP contribution in [0.5, 0.6) is 0 Å². The zero-order valence-corrected chi connectivity index (χ0v) is 28.1. The number of hydrogen-bond acceptors (Lipinski definition) is 1. The average molecular weight is 656 g/mol. The Morgan fingerprint density at radius 3 is 2.46 bits per heavy atom. The van der Waals surface area contributed by atoms with Gasteiger partial charge in [0.1, 0.15) is 0 Å². The molecule has 0 radical (unpaired) electrons. The molecular formula is C46H29N3S+2. The Morgan fingerprint density at radius 1 is 0.660 bits per heavy atom. The summed E-state index contributed by atoms with van der Waals surface area (Å²) in [4.78, 5) is 0.